The van der Waals surface area contributed by atoms with E-state index < -0.39 is 12.0 Å². The van der Waals surface area contributed by atoms with Crippen LogP contribution in [0, 0.1) is 5.82 Å². The van der Waals surface area contributed by atoms with Crippen molar-refractivity contribution in [1.82, 2.24) is 0 Å². The number of carbonyl (C=O) groups excluding carboxylic acids is 1. The average Bonchev–Trinajstić information content (AvgIpc) is 3.40. The van der Waals surface area contributed by atoms with E-state index in [9.17, 15) is 14.3 Å². The lowest BCUT2D eigenvalue weighted by Gasteiger charge is -2.16. The van der Waals surface area contributed by atoms with Crippen molar-refractivity contribution in [3.8, 4) is 5.75 Å². The molecule has 1 saturated carbocycles. The fourth-order valence-electron chi connectivity index (χ4n) is 2.36. The number of ether oxygens (including phenoxy) is 1. The molecule has 1 unspecified atom stereocenters. The van der Waals surface area contributed by atoms with Crippen LogP contribution in [0.3, 0.4) is 0 Å². The van der Waals surface area contributed by atoms with Crippen LogP contribution in [0.5, 0.6) is 5.75 Å². The molecule has 3 N–H and O–H groups in total. The van der Waals surface area contributed by atoms with Gasteiger partial charge in [-0.2, -0.15) is 0 Å². The summed E-state index contributed by atoms with van der Waals surface area (Å²) < 4.78 is 18.5. The maximum atomic E-state index is 13.4. The maximum absolute atomic E-state index is 13.4. The molecular formula is C18H19FN2O3. The van der Waals surface area contributed by atoms with Gasteiger partial charge >= 0.3 is 0 Å². The first-order valence-electron chi connectivity index (χ1n) is 7.76. The minimum Gasteiger partial charge on any atom is -0.497 e. The molecule has 24 heavy (non-hydrogen) atoms. The van der Waals surface area contributed by atoms with Gasteiger partial charge in [0, 0.05) is 6.04 Å². The number of amides is 1. The van der Waals surface area contributed by atoms with Gasteiger partial charge in [0.1, 0.15) is 11.6 Å². The number of halogens is 1. The van der Waals surface area contributed by atoms with E-state index in [0.717, 1.165) is 12.8 Å². The summed E-state index contributed by atoms with van der Waals surface area (Å²) in [7, 11) is 1.51. The lowest BCUT2D eigenvalue weighted by Crippen LogP contribution is -2.21. The van der Waals surface area contributed by atoms with E-state index in [1.54, 1.807) is 24.3 Å². The summed E-state index contributed by atoms with van der Waals surface area (Å²) >= 11 is 0. The van der Waals surface area contributed by atoms with Crippen LogP contribution in [0.4, 0.5) is 15.8 Å². The van der Waals surface area contributed by atoms with Gasteiger partial charge in [0.05, 0.1) is 18.5 Å². The molecule has 0 radical (unpaired) electrons. The van der Waals surface area contributed by atoms with E-state index >= 15 is 0 Å². The molecule has 6 heteroatoms. The van der Waals surface area contributed by atoms with E-state index in [1.165, 1.54) is 25.3 Å². The molecule has 2 aromatic carbocycles. The molecule has 0 aliphatic heterocycles. The predicted octanol–water partition coefficient (Wildman–Crippen LogP) is 3.08. The Labute approximate surface area is 139 Å². The zero-order valence-electron chi connectivity index (χ0n) is 13.3. The fraction of sp³-hybridized carbons (Fsp3) is 0.278. The number of nitrogens with one attached hydrogen (secondary N) is 2. The molecule has 0 aromatic heterocycles. The second-order valence-electron chi connectivity index (χ2n) is 5.78. The molecule has 1 atom stereocenters. The number of anilines is 2. The highest BCUT2D eigenvalue weighted by molar-refractivity contribution is 5.97. The SMILES string of the molecule is COc1cccc(C(O)C(=O)Nc2ccc(F)cc2NC2CC2)c1. The van der Waals surface area contributed by atoms with Crippen molar-refractivity contribution in [2.75, 3.05) is 17.7 Å². The summed E-state index contributed by atoms with van der Waals surface area (Å²) in [5.74, 6) is -0.421. The van der Waals surface area contributed by atoms with Gasteiger partial charge in [-0.25, -0.2) is 4.39 Å². The van der Waals surface area contributed by atoms with E-state index in [2.05, 4.69) is 10.6 Å². The smallest absolute Gasteiger partial charge is 0.257 e. The van der Waals surface area contributed by atoms with Gasteiger partial charge in [-0.1, -0.05) is 12.1 Å². The van der Waals surface area contributed by atoms with Crippen LogP contribution in [-0.4, -0.2) is 24.2 Å². The highest BCUT2D eigenvalue weighted by atomic mass is 19.1. The molecule has 5 nitrogen and oxygen atoms in total. The summed E-state index contributed by atoms with van der Waals surface area (Å²) in [5, 5.41) is 16.1. The van der Waals surface area contributed by atoms with Gasteiger partial charge in [-0.15, -0.1) is 0 Å². The van der Waals surface area contributed by atoms with Crippen molar-refractivity contribution in [2.24, 2.45) is 0 Å². The number of aliphatic hydroxyl groups is 1. The number of rotatable bonds is 6. The first kappa shape index (κ1) is 16.3. The van der Waals surface area contributed by atoms with Crippen molar-refractivity contribution in [3.05, 3.63) is 53.8 Å². The number of carbonyl (C=O) groups is 1. The Hall–Kier alpha value is -2.60. The van der Waals surface area contributed by atoms with Crippen LogP contribution in [0.15, 0.2) is 42.5 Å². The second-order valence-corrected chi connectivity index (χ2v) is 5.78. The highest BCUT2D eigenvalue weighted by Gasteiger charge is 2.24. The molecular weight excluding hydrogens is 311 g/mol. The number of benzene rings is 2. The molecule has 1 aliphatic carbocycles. The zero-order chi connectivity index (χ0) is 17.1. The standard InChI is InChI=1S/C18H19FN2O3/c1-24-14-4-2-3-11(9-14)17(22)18(23)21-15-8-5-12(19)10-16(15)20-13-6-7-13/h2-5,8-10,13,17,20,22H,6-7H2,1H3,(H,21,23). The molecule has 2 aromatic rings. The number of aliphatic hydroxyl groups excluding tert-OH is 1. The Morgan fingerprint density at radius 3 is 2.75 bits per heavy atom. The minimum atomic E-state index is -1.35. The van der Waals surface area contributed by atoms with Gasteiger partial charge in [0.2, 0.25) is 0 Å². The third-order valence-corrected chi connectivity index (χ3v) is 3.83. The summed E-state index contributed by atoms with van der Waals surface area (Å²) in [6.45, 7) is 0. The first-order valence-corrected chi connectivity index (χ1v) is 7.76. The third-order valence-electron chi connectivity index (χ3n) is 3.83. The molecule has 1 amide bonds. The lowest BCUT2D eigenvalue weighted by atomic mass is 10.1. The van der Waals surface area contributed by atoms with Crippen molar-refractivity contribution in [3.63, 3.8) is 0 Å². The molecule has 0 bridgehead atoms. The van der Waals surface area contributed by atoms with Crippen LogP contribution in [0.25, 0.3) is 0 Å². The van der Waals surface area contributed by atoms with Crippen molar-refractivity contribution in [1.29, 1.82) is 0 Å². The highest BCUT2D eigenvalue weighted by Crippen LogP contribution is 2.31. The van der Waals surface area contributed by atoms with Crippen LogP contribution < -0.4 is 15.4 Å². The Bertz CT molecular complexity index is 747. The molecule has 3 rings (SSSR count). The fourth-order valence-corrected chi connectivity index (χ4v) is 2.36. The quantitative estimate of drug-likeness (QED) is 0.761. The van der Waals surface area contributed by atoms with E-state index in [1.807, 2.05) is 0 Å². The predicted molar refractivity (Wildman–Crippen MR) is 89.6 cm³/mol. The van der Waals surface area contributed by atoms with E-state index in [-0.39, 0.29) is 5.82 Å². The number of methoxy groups -OCH3 is 1. The number of hydrogen-bond acceptors (Lipinski definition) is 4. The summed E-state index contributed by atoms with van der Waals surface area (Å²) in [4.78, 5) is 12.3. The molecule has 0 spiro atoms. The topological polar surface area (TPSA) is 70.6 Å². The molecule has 126 valence electrons. The molecule has 0 heterocycles. The largest absolute Gasteiger partial charge is 0.497 e. The second kappa shape index (κ2) is 6.88. The van der Waals surface area contributed by atoms with Gasteiger partial charge in [-0.05, 0) is 48.7 Å². The minimum absolute atomic E-state index is 0.311. The van der Waals surface area contributed by atoms with Gasteiger partial charge < -0.3 is 20.5 Å². The zero-order valence-corrected chi connectivity index (χ0v) is 13.3. The Morgan fingerprint density at radius 1 is 1.25 bits per heavy atom. The number of hydrogen-bond donors (Lipinski definition) is 3. The Morgan fingerprint density at radius 2 is 2.04 bits per heavy atom. The van der Waals surface area contributed by atoms with Gasteiger partial charge in [0.25, 0.3) is 5.91 Å². The van der Waals surface area contributed by atoms with Gasteiger partial charge in [-0.3, -0.25) is 4.79 Å². The Kier molecular flexibility index (Phi) is 4.66. The lowest BCUT2D eigenvalue weighted by molar-refractivity contribution is -0.124. The van der Waals surface area contributed by atoms with Crippen molar-refractivity contribution >= 4 is 17.3 Å². The monoisotopic (exact) mass is 330 g/mol. The van der Waals surface area contributed by atoms with E-state index in [0.29, 0.717) is 28.7 Å². The van der Waals surface area contributed by atoms with Crippen molar-refractivity contribution < 1.29 is 19.0 Å². The summed E-state index contributed by atoms with van der Waals surface area (Å²) in [5.41, 5.74) is 1.38. The van der Waals surface area contributed by atoms with Crippen LogP contribution >= 0.6 is 0 Å². The maximum Gasteiger partial charge on any atom is 0.257 e. The summed E-state index contributed by atoms with van der Waals surface area (Å²) in [6.07, 6.45) is 0.700. The summed E-state index contributed by atoms with van der Waals surface area (Å²) in [6, 6.07) is 11.1. The van der Waals surface area contributed by atoms with Crippen molar-refractivity contribution in [2.45, 2.75) is 25.0 Å². The van der Waals surface area contributed by atoms with Crippen LogP contribution in [0.1, 0.15) is 24.5 Å². The third kappa shape index (κ3) is 3.83. The van der Waals surface area contributed by atoms with Crippen LogP contribution in [-0.2, 0) is 4.79 Å². The van der Waals surface area contributed by atoms with E-state index in [4.69, 9.17) is 4.74 Å². The normalized spacial score (nSPS) is 14.8. The first-order chi connectivity index (χ1) is 11.6. The molecule has 1 aliphatic rings. The molecule has 1 fully saturated rings. The van der Waals surface area contributed by atoms with Gasteiger partial charge in [0.15, 0.2) is 6.10 Å². The van der Waals surface area contributed by atoms with Crippen LogP contribution in [0.2, 0.25) is 0 Å². The average molecular weight is 330 g/mol. The Balaban J connectivity index is 1.76. The molecule has 0 saturated heterocycles.